The Morgan fingerprint density at radius 2 is 1.03 bits per heavy atom. The van der Waals surface area contributed by atoms with E-state index < -0.39 is 24.1 Å². The van der Waals surface area contributed by atoms with E-state index in [1.165, 1.54) is 0 Å². The van der Waals surface area contributed by atoms with Crippen molar-refractivity contribution in [1.82, 2.24) is 10.6 Å². The third kappa shape index (κ3) is 11.8. The van der Waals surface area contributed by atoms with Crippen molar-refractivity contribution < 1.29 is 28.7 Å². The van der Waals surface area contributed by atoms with Gasteiger partial charge in [0.15, 0.2) is 0 Å². The van der Waals surface area contributed by atoms with Gasteiger partial charge in [0.2, 0.25) is 11.8 Å². The van der Waals surface area contributed by atoms with Crippen LogP contribution in [0.3, 0.4) is 0 Å². The Bertz CT molecular complexity index is 564. The van der Waals surface area contributed by atoms with Gasteiger partial charge in [-0.1, -0.05) is 41.5 Å². The lowest BCUT2D eigenvalue weighted by molar-refractivity contribution is -0.170. The minimum atomic E-state index is -0.552. The van der Waals surface area contributed by atoms with Crippen LogP contribution in [0.4, 0.5) is 0 Å². The highest BCUT2D eigenvalue weighted by Gasteiger charge is 2.31. The Morgan fingerprint density at radius 3 is 1.33 bits per heavy atom. The number of hydrogen-bond donors (Lipinski definition) is 2. The first-order valence-corrected chi connectivity index (χ1v) is 10.7. The van der Waals surface area contributed by atoms with Crippen LogP contribution in [-0.4, -0.2) is 49.1 Å². The van der Waals surface area contributed by atoms with Crippen LogP contribution in [0.15, 0.2) is 0 Å². The van der Waals surface area contributed by atoms with Crippen molar-refractivity contribution in [1.29, 1.82) is 0 Å². The van der Waals surface area contributed by atoms with Crippen molar-refractivity contribution in [3.05, 3.63) is 0 Å². The summed E-state index contributed by atoms with van der Waals surface area (Å²) in [4.78, 5) is 48.0. The molecule has 172 valence electrons. The third-order valence-electron chi connectivity index (χ3n) is 4.45. The molecule has 2 N–H and O–H groups in total. The summed E-state index contributed by atoms with van der Waals surface area (Å²) >= 11 is 0. The monoisotopic (exact) mass is 426 g/mol. The summed E-state index contributed by atoms with van der Waals surface area (Å²) in [5.74, 6) is -1.53. The molecule has 0 heterocycles. The quantitative estimate of drug-likeness (QED) is 0.577. The van der Waals surface area contributed by atoms with Crippen LogP contribution in [0, 0.1) is 10.8 Å². The SMILES string of the molecule is CC(C)(C)CC(=O)NCC(=O)O[C@@H]1CCCC[C@H]1OC(=O)CNC(=O)CC(C)(C)C. The predicted octanol–water partition coefficient (Wildman–Crippen LogP) is 2.49. The molecule has 8 nitrogen and oxygen atoms in total. The van der Waals surface area contributed by atoms with Crippen molar-refractivity contribution in [2.75, 3.05) is 13.1 Å². The molecule has 0 radical (unpaired) electrons. The molecule has 0 aliphatic heterocycles. The van der Waals surface area contributed by atoms with Crippen molar-refractivity contribution in [2.24, 2.45) is 10.8 Å². The smallest absolute Gasteiger partial charge is 0.325 e. The van der Waals surface area contributed by atoms with Crippen LogP contribution in [-0.2, 0) is 28.7 Å². The topological polar surface area (TPSA) is 111 Å². The van der Waals surface area contributed by atoms with E-state index in [0.29, 0.717) is 25.7 Å². The molecule has 1 aliphatic rings. The molecular formula is C22H38N2O6. The van der Waals surface area contributed by atoms with E-state index in [4.69, 9.17) is 9.47 Å². The molecule has 0 spiro atoms. The molecule has 8 heteroatoms. The van der Waals surface area contributed by atoms with E-state index in [0.717, 1.165) is 12.8 Å². The van der Waals surface area contributed by atoms with E-state index in [9.17, 15) is 19.2 Å². The van der Waals surface area contributed by atoms with Crippen LogP contribution in [0.2, 0.25) is 0 Å². The lowest BCUT2D eigenvalue weighted by Gasteiger charge is -2.30. The summed E-state index contributed by atoms with van der Waals surface area (Å²) in [6.07, 6.45) is 2.46. The molecule has 2 amide bonds. The molecule has 1 rings (SSSR count). The fourth-order valence-electron chi connectivity index (χ4n) is 3.18. The van der Waals surface area contributed by atoms with Crippen molar-refractivity contribution in [2.45, 2.75) is 92.3 Å². The van der Waals surface area contributed by atoms with Gasteiger partial charge in [0.05, 0.1) is 0 Å². The Morgan fingerprint density at radius 1 is 0.700 bits per heavy atom. The van der Waals surface area contributed by atoms with E-state index in [1.54, 1.807) is 0 Å². The first-order chi connectivity index (χ1) is 13.7. The van der Waals surface area contributed by atoms with Crippen LogP contribution in [0.1, 0.15) is 80.1 Å². The lowest BCUT2D eigenvalue weighted by atomic mass is 9.92. The molecule has 1 fully saturated rings. The van der Waals surface area contributed by atoms with Crippen molar-refractivity contribution >= 4 is 23.8 Å². The molecule has 0 bridgehead atoms. The van der Waals surface area contributed by atoms with Gasteiger partial charge < -0.3 is 20.1 Å². The molecule has 30 heavy (non-hydrogen) atoms. The summed E-state index contributed by atoms with van der Waals surface area (Å²) < 4.78 is 10.9. The summed E-state index contributed by atoms with van der Waals surface area (Å²) in [6, 6.07) is 0. The standard InChI is InChI=1S/C22H38N2O6/c1-21(2,3)11-17(25)23-13-19(27)29-15-9-7-8-10-16(15)30-20(28)14-24-18(26)12-22(4,5)6/h15-16H,7-14H2,1-6H3,(H,23,25)(H,24,26)/t15-,16-/m1/s1. The van der Waals surface area contributed by atoms with Gasteiger partial charge in [0.1, 0.15) is 25.3 Å². The number of amides is 2. The summed E-state index contributed by atoms with van der Waals surface area (Å²) in [7, 11) is 0. The van der Waals surface area contributed by atoms with E-state index >= 15 is 0 Å². The maximum Gasteiger partial charge on any atom is 0.325 e. The molecule has 0 aromatic rings. The third-order valence-corrected chi connectivity index (χ3v) is 4.45. The Balaban J connectivity index is 2.44. The van der Waals surface area contributed by atoms with Gasteiger partial charge in [-0.25, -0.2) is 0 Å². The molecular weight excluding hydrogens is 388 g/mol. The Kier molecular flexibility index (Phi) is 9.78. The molecule has 0 unspecified atom stereocenters. The van der Waals surface area contributed by atoms with Crippen molar-refractivity contribution in [3.63, 3.8) is 0 Å². The first-order valence-electron chi connectivity index (χ1n) is 10.7. The van der Waals surface area contributed by atoms with Crippen LogP contribution < -0.4 is 10.6 Å². The lowest BCUT2D eigenvalue weighted by Crippen LogP contribution is -2.42. The summed E-state index contributed by atoms with van der Waals surface area (Å²) in [5, 5.41) is 5.13. The summed E-state index contributed by atoms with van der Waals surface area (Å²) in [6.45, 7) is 11.2. The number of hydrogen-bond acceptors (Lipinski definition) is 6. The number of ether oxygens (including phenoxy) is 2. The highest BCUT2D eigenvalue weighted by molar-refractivity contribution is 5.83. The fourth-order valence-corrected chi connectivity index (χ4v) is 3.18. The Hall–Kier alpha value is -2.12. The van der Waals surface area contributed by atoms with Gasteiger partial charge in [-0.15, -0.1) is 0 Å². The normalized spacial score (nSPS) is 19.5. The predicted molar refractivity (Wildman–Crippen MR) is 112 cm³/mol. The fraction of sp³-hybridized carbons (Fsp3) is 0.818. The molecule has 1 aliphatic carbocycles. The molecule has 0 aromatic heterocycles. The second-order valence-electron chi connectivity index (χ2n) is 10.4. The van der Waals surface area contributed by atoms with Gasteiger partial charge in [-0.05, 0) is 36.5 Å². The highest BCUT2D eigenvalue weighted by Crippen LogP contribution is 2.24. The zero-order chi connectivity index (χ0) is 22.9. The van der Waals surface area contributed by atoms with E-state index in [1.807, 2.05) is 41.5 Å². The van der Waals surface area contributed by atoms with Crippen LogP contribution in [0.5, 0.6) is 0 Å². The number of carbonyl (C=O) groups excluding carboxylic acids is 4. The Labute approximate surface area is 179 Å². The number of nitrogens with one attached hydrogen (secondary N) is 2. The number of rotatable bonds is 8. The zero-order valence-corrected chi connectivity index (χ0v) is 19.3. The van der Waals surface area contributed by atoms with Gasteiger partial charge in [-0.2, -0.15) is 0 Å². The highest BCUT2D eigenvalue weighted by atomic mass is 16.6. The molecule has 2 atom stereocenters. The van der Waals surface area contributed by atoms with Crippen LogP contribution >= 0.6 is 0 Å². The van der Waals surface area contributed by atoms with E-state index in [2.05, 4.69) is 10.6 Å². The second kappa shape index (κ2) is 11.3. The van der Waals surface area contributed by atoms with Gasteiger partial charge in [0.25, 0.3) is 0 Å². The maximum absolute atomic E-state index is 12.1. The van der Waals surface area contributed by atoms with Crippen LogP contribution in [0.25, 0.3) is 0 Å². The van der Waals surface area contributed by atoms with Gasteiger partial charge in [-0.3, -0.25) is 19.2 Å². The minimum Gasteiger partial charge on any atom is -0.457 e. The number of esters is 2. The van der Waals surface area contributed by atoms with E-state index in [-0.39, 0.29) is 35.7 Å². The molecule has 1 saturated carbocycles. The molecule has 0 aromatic carbocycles. The first kappa shape index (κ1) is 25.9. The van der Waals surface area contributed by atoms with Gasteiger partial charge >= 0.3 is 11.9 Å². The minimum absolute atomic E-state index is 0.168. The van der Waals surface area contributed by atoms with Crippen molar-refractivity contribution in [3.8, 4) is 0 Å². The summed E-state index contributed by atoms with van der Waals surface area (Å²) in [5.41, 5.74) is -0.335. The van der Waals surface area contributed by atoms with Gasteiger partial charge in [0, 0.05) is 12.8 Å². The zero-order valence-electron chi connectivity index (χ0n) is 19.3. The largest absolute Gasteiger partial charge is 0.457 e. The average Bonchev–Trinajstić information content (AvgIpc) is 2.57. The second-order valence-corrected chi connectivity index (χ2v) is 10.4. The number of carbonyl (C=O) groups is 4. The molecule has 0 saturated heterocycles. The maximum atomic E-state index is 12.1. The average molecular weight is 427 g/mol.